The minimum atomic E-state index is -3.77. The number of sulfonamides is 1. The highest BCUT2D eigenvalue weighted by atomic mass is 32.2. The van der Waals surface area contributed by atoms with E-state index in [1.165, 1.54) is 11.1 Å². The molecule has 1 aromatic heterocycles. The van der Waals surface area contributed by atoms with Gasteiger partial charge in [0.2, 0.25) is 0 Å². The molecule has 0 bridgehead atoms. The van der Waals surface area contributed by atoms with Gasteiger partial charge in [0, 0.05) is 48.9 Å². The summed E-state index contributed by atoms with van der Waals surface area (Å²) in [6, 6.07) is 26.1. The number of aryl methyl sites for hydroxylation is 1. The van der Waals surface area contributed by atoms with Crippen molar-refractivity contribution in [1.82, 2.24) is 10.2 Å². The Hall–Kier alpha value is -3.84. The van der Waals surface area contributed by atoms with Gasteiger partial charge in [0.05, 0.1) is 4.90 Å². The molecule has 1 unspecified atom stereocenters. The predicted octanol–water partition coefficient (Wildman–Crippen LogP) is 6.09. The molecule has 0 spiro atoms. The van der Waals surface area contributed by atoms with E-state index in [9.17, 15) is 8.42 Å². The van der Waals surface area contributed by atoms with Gasteiger partial charge in [0.1, 0.15) is 0 Å². The first-order valence-corrected chi connectivity index (χ1v) is 14.9. The van der Waals surface area contributed by atoms with E-state index in [0.717, 1.165) is 41.8 Å². The number of hydrogen-bond donors (Lipinski definition) is 1. The van der Waals surface area contributed by atoms with Crippen molar-refractivity contribution in [1.29, 1.82) is 0 Å². The molecule has 1 N–H and O–H groups in total. The highest BCUT2D eigenvalue weighted by Gasteiger charge is 2.41. The molecule has 2 aliphatic rings. The van der Waals surface area contributed by atoms with Crippen LogP contribution in [0.1, 0.15) is 47.2 Å². The number of benzene rings is 3. The van der Waals surface area contributed by atoms with Crippen molar-refractivity contribution in [3.63, 3.8) is 0 Å². The molecule has 0 aliphatic heterocycles. The van der Waals surface area contributed by atoms with Crippen LogP contribution in [0, 0.1) is 6.92 Å². The Labute approximate surface area is 231 Å². The summed E-state index contributed by atoms with van der Waals surface area (Å²) < 4.78 is 29.5. The van der Waals surface area contributed by atoms with Gasteiger partial charge < -0.3 is 4.90 Å². The van der Waals surface area contributed by atoms with E-state index in [1.807, 2.05) is 39.2 Å². The lowest BCUT2D eigenvalue weighted by molar-refractivity contribution is 0.413. The van der Waals surface area contributed by atoms with Crippen LogP contribution >= 0.6 is 0 Å². The van der Waals surface area contributed by atoms with Gasteiger partial charge in [-0.1, -0.05) is 72.3 Å². The van der Waals surface area contributed by atoms with Crippen molar-refractivity contribution in [2.75, 3.05) is 23.3 Å². The van der Waals surface area contributed by atoms with Gasteiger partial charge in [-0.3, -0.25) is 5.10 Å². The van der Waals surface area contributed by atoms with Crippen molar-refractivity contribution in [3.05, 3.63) is 113 Å². The lowest BCUT2D eigenvalue weighted by atomic mass is 9.68. The molecule has 1 atom stereocenters. The molecule has 2 aliphatic carbocycles. The molecular weight excluding hydrogens is 504 g/mol. The molecule has 0 amide bonds. The number of allylic oxidation sites excluding steroid dienone is 1. The van der Waals surface area contributed by atoms with E-state index in [4.69, 9.17) is 0 Å². The number of nitrogens with one attached hydrogen (secondary N) is 1. The quantitative estimate of drug-likeness (QED) is 0.309. The van der Waals surface area contributed by atoms with Gasteiger partial charge in [-0.2, -0.15) is 5.10 Å². The number of aromatic amines is 1. The van der Waals surface area contributed by atoms with Gasteiger partial charge in [0.15, 0.2) is 5.82 Å². The fourth-order valence-corrected chi connectivity index (χ4v) is 7.38. The Morgan fingerprint density at radius 3 is 2.31 bits per heavy atom. The fraction of sp³-hybridized carbons (Fsp3) is 0.281. The molecule has 1 heterocycles. The summed E-state index contributed by atoms with van der Waals surface area (Å²) in [6.07, 6.45) is 7.64. The number of aromatic nitrogens is 2. The average Bonchev–Trinajstić information content (AvgIpc) is 3.33. The third kappa shape index (κ3) is 4.35. The Morgan fingerprint density at radius 1 is 0.923 bits per heavy atom. The zero-order chi connectivity index (χ0) is 27.2. The Balaban J connectivity index is 1.46. The maximum absolute atomic E-state index is 14.0. The van der Waals surface area contributed by atoms with Crippen LogP contribution in [-0.4, -0.2) is 38.8 Å². The van der Waals surface area contributed by atoms with E-state index in [1.54, 1.807) is 16.4 Å². The topological polar surface area (TPSA) is 69.3 Å². The smallest absolute Gasteiger partial charge is 0.265 e. The maximum atomic E-state index is 14.0. The van der Waals surface area contributed by atoms with Gasteiger partial charge >= 0.3 is 0 Å². The first-order valence-electron chi connectivity index (χ1n) is 13.5. The van der Waals surface area contributed by atoms with Gasteiger partial charge in [-0.05, 0) is 61.6 Å². The standard InChI is InChI=1S/C32H34N4O2S/c1-23-15-17-28(18-16-23)39(37,38)36(26-12-8-13-26)31-29-19-20-32(22-30(29)33-34-31,24-9-5-4-6-10-24)25-11-7-14-27(21-25)35(2)3/h4-7,9-11,14-21,26H,8,12-13,22H2,1-3H3,(H,33,34). The van der Waals surface area contributed by atoms with Gasteiger partial charge in [-0.15, -0.1) is 0 Å². The second-order valence-electron chi connectivity index (χ2n) is 10.9. The lowest BCUT2D eigenvalue weighted by Crippen LogP contribution is -2.45. The molecule has 3 aromatic carbocycles. The zero-order valence-corrected chi connectivity index (χ0v) is 23.4. The molecule has 0 saturated heterocycles. The van der Waals surface area contributed by atoms with Crippen molar-refractivity contribution < 1.29 is 8.42 Å². The minimum Gasteiger partial charge on any atom is -0.378 e. The average molecular weight is 539 g/mol. The monoisotopic (exact) mass is 538 g/mol. The summed E-state index contributed by atoms with van der Waals surface area (Å²) in [4.78, 5) is 2.41. The molecule has 0 radical (unpaired) electrons. The zero-order valence-electron chi connectivity index (χ0n) is 22.6. The second-order valence-corrected chi connectivity index (χ2v) is 12.7. The van der Waals surface area contributed by atoms with E-state index in [2.05, 4.69) is 75.8 Å². The highest BCUT2D eigenvalue weighted by molar-refractivity contribution is 7.92. The maximum Gasteiger partial charge on any atom is 0.265 e. The second kappa shape index (κ2) is 9.72. The molecule has 6 rings (SSSR count). The van der Waals surface area contributed by atoms with Crippen LogP contribution in [-0.2, 0) is 21.9 Å². The highest BCUT2D eigenvalue weighted by Crippen LogP contribution is 2.45. The van der Waals surface area contributed by atoms with Gasteiger partial charge in [-0.25, -0.2) is 12.7 Å². The molecule has 6 nitrogen and oxygen atoms in total. The number of anilines is 2. The van der Waals surface area contributed by atoms with E-state index in [0.29, 0.717) is 17.1 Å². The first-order chi connectivity index (χ1) is 18.8. The SMILES string of the molecule is Cc1ccc(S(=O)(=O)N(c2n[nH]c3c2C=CC(c2ccccc2)(c2cccc(N(C)C)c2)C3)C2CCC2)cc1. The number of fused-ring (bicyclic) bond motifs is 1. The fourth-order valence-electron chi connectivity index (χ4n) is 5.71. The summed E-state index contributed by atoms with van der Waals surface area (Å²) in [5.74, 6) is 0.496. The number of H-pyrrole nitrogens is 1. The third-order valence-electron chi connectivity index (χ3n) is 8.21. The summed E-state index contributed by atoms with van der Waals surface area (Å²) >= 11 is 0. The van der Waals surface area contributed by atoms with Crippen LogP contribution in [0.5, 0.6) is 0 Å². The van der Waals surface area contributed by atoms with Crippen molar-refractivity contribution >= 4 is 27.6 Å². The Bertz CT molecular complexity index is 1620. The number of rotatable bonds is 7. The molecule has 1 fully saturated rings. The lowest BCUT2D eigenvalue weighted by Gasteiger charge is -2.38. The van der Waals surface area contributed by atoms with Gasteiger partial charge in [0.25, 0.3) is 10.0 Å². The van der Waals surface area contributed by atoms with E-state index < -0.39 is 15.4 Å². The van der Waals surface area contributed by atoms with Crippen molar-refractivity contribution in [2.24, 2.45) is 0 Å². The summed E-state index contributed by atoms with van der Waals surface area (Å²) in [5, 5.41) is 7.93. The van der Waals surface area contributed by atoms with Crippen LogP contribution in [0.2, 0.25) is 0 Å². The minimum absolute atomic E-state index is 0.0883. The van der Waals surface area contributed by atoms with Crippen LogP contribution in [0.25, 0.3) is 6.08 Å². The molecular formula is C32H34N4O2S. The van der Waals surface area contributed by atoms with Crippen LogP contribution < -0.4 is 9.21 Å². The van der Waals surface area contributed by atoms with Crippen LogP contribution in [0.4, 0.5) is 11.5 Å². The summed E-state index contributed by atoms with van der Waals surface area (Å²) in [7, 11) is 0.328. The largest absolute Gasteiger partial charge is 0.378 e. The van der Waals surface area contributed by atoms with Crippen molar-refractivity contribution in [2.45, 2.75) is 49.0 Å². The number of hydrogen-bond acceptors (Lipinski definition) is 4. The third-order valence-corrected chi connectivity index (χ3v) is 10.1. The molecule has 200 valence electrons. The summed E-state index contributed by atoms with van der Waals surface area (Å²) in [6.45, 7) is 1.96. The molecule has 7 heteroatoms. The molecule has 4 aromatic rings. The van der Waals surface area contributed by atoms with E-state index in [-0.39, 0.29) is 6.04 Å². The molecule has 1 saturated carbocycles. The first kappa shape index (κ1) is 25.4. The van der Waals surface area contributed by atoms with E-state index >= 15 is 0 Å². The Kier molecular flexibility index (Phi) is 6.34. The van der Waals surface area contributed by atoms with Crippen LogP contribution in [0.15, 0.2) is 89.8 Å². The summed E-state index contributed by atoms with van der Waals surface area (Å²) in [5.41, 5.74) is 5.90. The molecule has 39 heavy (non-hydrogen) atoms. The van der Waals surface area contributed by atoms with Crippen molar-refractivity contribution in [3.8, 4) is 0 Å². The normalized spacial score (nSPS) is 18.8. The predicted molar refractivity (Wildman–Crippen MR) is 158 cm³/mol. The Morgan fingerprint density at radius 2 is 1.64 bits per heavy atom. The number of nitrogens with zero attached hydrogens (tertiary/aromatic N) is 3. The van der Waals surface area contributed by atoms with Crippen LogP contribution in [0.3, 0.4) is 0 Å².